The van der Waals surface area contributed by atoms with Crippen LogP contribution in [-0.2, 0) is 0 Å². The van der Waals surface area contributed by atoms with E-state index in [9.17, 15) is 0 Å². The van der Waals surface area contributed by atoms with Gasteiger partial charge in [0.05, 0.1) is 0 Å². The number of ether oxygens (including phenoxy) is 1. The summed E-state index contributed by atoms with van der Waals surface area (Å²) in [5.41, 5.74) is 1.29. The molecule has 0 N–H and O–H groups in total. The van der Waals surface area contributed by atoms with Crippen LogP contribution in [0.15, 0.2) is 60.9 Å². The molecule has 0 fully saturated rings. The first-order chi connectivity index (χ1) is 10.4. The fraction of sp³-hybridized carbons (Fsp3) is 0. The summed E-state index contributed by atoms with van der Waals surface area (Å²) in [6, 6.07) is 15.1. The molecular formula is C16H10N4O. The molecule has 0 saturated heterocycles. The Morgan fingerprint density at radius 1 is 0.619 bits per heavy atom. The van der Waals surface area contributed by atoms with E-state index in [1.54, 1.807) is 24.5 Å². The summed E-state index contributed by atoms with van der Waals surface area (Å²) in [7, 11) is 0. The molecule has 0 spiro atoms. The molecule has 4 aromatic rings. The van der Waals surface area contributed by atoms with Gasteiger partial charge in [-0.25, -0.2) is 9.97 Å². The molecule has 5 heteroatoms. The van der Waals surface area contributed by atoms with Crippen molar-refractivity contribution in [2.24, 2.45) is 0 Å². The molecule has 0 radical (unpaired) electrons. The molecule has 0 unspecified atom stereocenters. The molecule has 0 bridgehead atoms. The minimum absolute atomic E-state index is 0.462. The lowest BCUT2D eigenvalue weighted by atomic mass is 10.3. The van der Waals surface area contributed by atoms with Gasteiger partial charge in [-0.3, -0.25) is 0 Å². The molecular weight excluding hydrogens is 264 g/mol. The number of aromatic nitrogens is 4. The molecule has 4 aromatic heterocycles. The molecule has 0 amide bonds. The number of hydrogen-bond acceptors (Lipinski definition) is 5. The second kappa shape index (κ2) is 4.79. The maximum atomic E-state index is 5.69. The van der Waals surface area contributed by atoms with Crippen LogP contribution in [0.25, 0.3) is 22.1 Å². The Morgan fingerprint density at radius 2 is 1.14 bits per heavy atom. The van der Waals surface area contributed by atoms with E-state index in [0.717, 1.165) is 10.8 Å². The molecule has 0 aliphatic heterocycles. The zero-order valence-electron chi connectivity index (χ0n) is 11.0. The molecule has 5 nitrogen and oxygen atoms in total. The topological polar surface area (TPSA) is 60.8 Å². The van der Waals surface area contributed by atoms with Gasteiger partial charge in [0, 0.05) is 35.3 Å². The first kappa shape index (κ1) is 11.7. The Balaban J connectivity index is 1.71. The quantitative estimate of drug-likeness (QED) is 0.561. The van der Waals surface area contributed by atoms with Crippen molar-refractivity contribution in [2.75, 3.05) is 0 Å². The zero-order valence-corrected chi connectivity index (χ0v) is 11.0. The SMILES string of the molecule is c1cnc2nc(Oc3ccc4cccnc4n3)ccc2c1. The number of hydrogen-bond donors (Lipinski definition) is 0. The lowest BCUT2D eigenvalue weighted by Gasteiger charge is -2.05. The van der Waals surface area contributed by atoms with E-state index in [1.165, 1.54) is 0 Å². The van der Waals surface area contributed by atoms with Gasteiger partial charge >= 0.3 is 0 Å². The number of fused-ring (bicyclic) bond motifs is 2. The Hall–Kier alpha value is -3.08. The van der Waals surface area contributed by atoms with Gasteiger partial charge in [0.2, 0.25) is 11.8 Å². The van der Waals surface area contributed by atoms with Crippen molar-refractivity contribution in [3.8, 4) is 11.8 Å². The van der Waals surface area contributed by atoms with E-state index in [-0.39, 0.29) is 0 Å². The fourth-order valence-corrected chi connectivity index (χ4v) is 2.09. The minimum Gasteiger partial charge on any atom is -0.421 e. The highest BCUT2D eigenvalue weighted by Gasteiger charge is 2.04. The van der Waals surface area contributed by atoms with Gasteiger partial charge in [0.1, 0.15) is 0 Å². The summed E-state index contributed by atoms with van der Waals surface area (Å²) in [5.74, 6) is 0.924. The molecule has 0 saturated carbocycles. The number of rotatable bonds is 2. The van der Waals surface area contributed by atoms with E-state index < -0.39 is 0 Å². The van der Waals surface area contributed by atoms with Crippen LogP contribution >= 0.6 is 0 Å². The van der Waals surface area contributed by atoms with Crippen LogP contribution in [0.3, 0.4) is 0 Å². The summed E-state index contributed by atoms with van der Waals surface area (Å²) in [5, 5.41) is 1.94. The largest absolute Gasteiger partial charge is 0.421 e. The first-order valence-electron chi connectivity index (χ1n) is 6.50. The lowest BCUT2D eigenvalue weighted by Crippen LogP contribution is -1.93. The van der Waals surface area contributed by atoms with E-state index in [0.29, 0.717) is 23.1 Å². The molecule has 100 valence electrons. The second-order valence-corrected chi connectivity index (χ2v) is 4.50. The van der Waals surface area contributed by atoms with Crippen molar-refractivity contribution >= 4 is 22.1 Å². The van der Waals surface area contributed by atoms with Gasteiger partial charge in [-0.1, -0.05) is 0 Å². The van der Waals surface area contributed by atoms with Gasteiger partial charge in [-0.15, -0.1) is 0 Å². The molecule has 0 aliphatic carbocycles. The van der Waals surface area contributed by atoms with Crippen LogP contribution in [0.2, 0.25) is 0 Å². The van der Waals surface area contributed by atoms with Crippen molar-refractivity contribution in [2.45, 2.75) is 0 Å². The fourth-order valence-electron chi connectivity index (χ4n) is 2.09. The van der Waals surface area contributed by atoms with Crippen molar-refractivity contribution in [1.29, 1.82) is 0 Å². The monoisotopic (exact) mass is 274 g/mol. The summed E-state index contributed by atoms with van der Waals surface area (Å²) in [6.07, 6.45) is 3.41. The maximum Gasteiger partial charge on any atom is 0.223 e. The van der Waals surface area contributed by atoms with Crippen LogP contribution in [0.1, 0.15) is 0 Å². The van der Waals surface area contributed by atoms with Crippen molar-refractivity contribution in [1.82, 2.24) is 19.9 Å². The zero-order chi connectivity index (χ0) is 14.1. The average molecular weight is 274 g/mol. The Kier molecular flexibility index (Phi) is 2.67. The summed E-state index contributed by atoms with van der Waals surface area (Å²) >= 11 is 0. The number of pyridine rings is 4. The molecule has 21 heavy (non-hydrogen) atoms. The van der Waals surface area contributed by atoms with Crippen molar-refractivity contribution in [3.05, 3.63) is 60.9 Å². The van der Waals surface area contributed by atoms with Crippen LogP contribution in [0.5, 0.6) is 11.8 Å². The molecule has 0 atom stereocenters. The number of nitrogens with zero attached hydrogens (tertiary/aromatic N) is 4. The van der Waals surface area contributed by atoms with E-state index in [2.05, 4.69) is 19.9 Å². The van der Waals surface area contributed by atoms with Gasteiger partial charge in [0.25, 0.3) is 0 Å². The van der Waals surface area contributed by atoms with Gasteiger partial charge < -0.3 is 4.74 Å². The van der Waals surface area contributed by atoms with Gasteiger partial charge in [-0.2, -0.15) is 9.97 Å². The Morgan fingerprint density at radius 3 is 1.67 bits per heavy atom. The third-order valence-electron chi connectivity index (χ3n) is 3.09. The van der Waals surface area contributed by atoms with E-state index >= 15 is 0 Å². The van der Waals surface area contributed by atoms with Crippen molar-refractivity contribution < 1.29 is 4.74 Å². The van der Waals surface area contributed by atoms with Crippen molar-refractivity contribution in [3.63, 3.8) is 0 Å². The van der Waals surface area contributed by atoms with Crippen LogP contribution in [0, 0.1) is 0 Å². The maximum absolute atomic E-state index is 5.69. The van der Waals surface area contributed by atoms with Crippen LogP contribution in [-0.4, -0.2) is 19.9 Å². The van der Waals surface area contributed by atoms with Gasteiger partial charge in [0.15, 0.2) is 11.3 Å². The highest BCUT2D eigenvalue weighted by atomic mass is 16.5. The highest BCUT2D eigenvalue weighted by molar-refractivity contribution is 5.75. The third-order valence-corrected chi connectivity index (χ3v) is 3.09. The predicted molar refractivity (Wildman–Crippen MR) is 79.2 cm³/mol. The summed E-state index contributed by atoms with van der Waals surface area (Å²) in [4.78, 5) is 17.1. The smallest absolute Gasteiger partial charge is 0.223 e. The Bertz CT molecular complexity index is 862. The molecule has 4 rings (SSSR count). The van der Waals surface area contributed by atoms with Crippen LogP contribution < -0.4 is 4.74 Å². The third kappa shape index (κ3) is 2.25. The lowest BCUT2D eigenvalue weighted by molar-refractivity contribution is 0.448. The highest BCUT2D eigenvalue weighted by Crippen LogP contribution is 2.21. The first-order valence-corrected chi connectivity index (χ1v) is 6.50. The molecule has 0 aromatic carbocycles. The van der Waals surface area contributed by atoms with E-state index in [1.807, 2.05) is 36.4 Å². The summed E-state index contributed by atoms with van der Waals surface area (Å²) < 4.78 is 5.69. The normalized spacial score (nSPS) is 10.9. The average Bonchev–Trinajstić information content (AvgIpc) is 2.55. The standard InChI is InChI=1S/C16H10N4O/c1-3-11-5-7-13(19-15(11)17-9-1)21-14-8-6-12-4-2-10-18-16(12)20-14/h1-10H. The molecule has 0 aliphatic rings. The summed E-state index contributed by atoms with van der Waals surface area (Å²) in [6.45, 7) is 0. The minimum atomic E-state index is 0.462. The van der Waals surface area contributed by atoms with E-state index in [4.69, 9.17) is 4.74 Å². The Labute approximate surface area is 120 Å². The predicted octanol–water partition coefficient (Wildman–Crippen LogP) is 3.37. The second-order valence-electron chi connectivity index (χ2n) is 4.50. The van der Waals surface area contributed by atoms with Crippen LogP contribution in [0.4, 0.5) is 0 Å². The molecule has 4 heterocycles. The van der Waals surface area contributed by atoms with Gasteiger partial charge in [-0.05, 0) is 36.4 Å².